The number of hydrogen-bond acceptors (Lipinski definition) is 4. The highest BCUT2D eigenvalue weighted by Gasteiger charge is 2.33. The monoisotopic (exact) mass is 298 g/mol. The second-order valence-electron chi connectivity index (χ2n) is 7.43. The Morgan fingerprint density at radius 2 is 2.00 bits per heavy atom. The number of hydrogen-bond donors (Lipinski definition) is 2. The highest BCUT2D eigenvalue weighted by Crippen LogP contribution is 2.32. The lowest BCUT2D eigenvalue weighted by Crippen LogP contribution is -2.49. The Morgan fingerprint density at radius 3 is 2.67 bits per heavy atom. The molecular weight excluding hydrogens is 264 g/mol. The van der Waals surface area contributed by atoms with Gasteiger partial charge >= 0.3 is 0 Å². The molecule has 0 aromatic heterocycles. The molecule has 4 nitrogen and oxygen atoms in total. The molecule has 3 N–H and O–H groups in total. The van der Waals surface area contributed by atoms with Gasteiger partial charge in [-0.05, 0) is 38.1 Å². The van der Waals surface area contributed by atoms with E-state index in [9.17, 15) is 5.11 Å². The van der Waals surface area contributed by atoms with Gasteiger partial charge in [-0.15, -0.1) is 0 Å². The molecule has 0 radical (unpaired) electrons. The van der Waals surface area contributed by atoms with Gasteiger partial charge in [-0.25, -0.2) is 0 Å². The lowest BCUT2D eigenvalue weighted by molar-refractivity contribution is -0.0789. The largest absolute Gasteiger partial charge is 0.388 e. The van der Waals surface area contributed by atoms with E-state index in [0.29, 0.717) is 25.2 Å². The standard InChI is InChI=1S/C17H34N2O2/c1-3-4-14-5-6-16(18)15(11-14)12-19(2)13-17(20)7-9-21-10-8-17/h14-16,20H,3-13,18H2,1-2H3. The molecule has 2 rings (SSSR count). The number of rotatable bonds is 6. The Hall–Kier alpha value is -0.160. The summed E-state index contributed by atoms with van der Waals surface area (Å²) >= 11 is 0. The maximum atomic E-state index is 10.6. The molecule has 3 unspecified atom stereocenters. The number of nitrogens with zero attached hydrogens (tertiary/aromatic N) is 1. The second kappa shape index (κ2) is 7.91. The van der Waals surface area contributed by atoms with Gasteiger partial charge in [0.1, 0.15) is 0 Å². The summed E-state index contributed by atoms with van der Waals surface area (Å²) < 4.78 is 5.36. The van der Waals surface area contributed by atoms with Crippen molar-refractivity contribution in [2.45, 2.75) is 63.5 Å². The Balaban J connectivity index is 1.81. The summed E-state index contributed by atoms with van der Waals surface area (Å²) in [6, 6.07) is 0.338. The SMILES string of the molecule is CCCC1CCC(N)C(CN(C)CC2(O)CCOCC2)C1. The van der Waals surface area contributed by atoms with Gasteiger partial charge in [0.2, 0.25) is 0 Å². The van der Waals surface area contributed by atoms with Crippen molar-refractivity contribution < 1.29 is 9.84 Å². The molecule has 2 fully saturated rings. The molecule has 0 bridgehead atoms. The number of ether oxygens (including phenoxy) is 1. The third-order valence-corrected chi connectivity index (χ3v) is 5.38. The molecule has 124 valence electrons. The summed E-state index contributed by atoms with van der Waals surface area (Å²) in [7, 11) is 2.13. The summed E-state index contributed by atoms with van der Waals surface area (Å²) in [6.07, 6.45) is 7.87. The van der Waals surface area contributed by atoms with Crippen LogP contribution in [0.2, 0.25) is 0 Å². The van der Waals surface area contributed by atoms with Crippen molar-refractivity contribution in [2.24, 2.45) is 17.6 Å². The van der Waals surface area contributed by atoms with Crippen molar-refractivity contribution in [2.75, 3.05) is 33.4 Å². The maximum Gasteiger partial charge on any atom is 0.0817 e. The fraction of sp³-hybridized carbons (Fsp3) is 1.00. The minimum atomic E-state index is -0.561. The fourth-order valence-corrected chi connectivity index (χ4v) is 4.14. The molecule has 2 aliphatic rings. The minimum absolute atomic E-state index is 0.338. The predicted molar refractivity (Wildman–Crippen MR) is 86.2 cm³/mol. The van der Waals surface area contributed by atoms with Gasteiger partial charge in [-0.2, -0.15) is 0 Å². The molecule has 0 aromatic carbocycles. The molecule has 1 saturated heterocycles. The van der Waals surface area contributed by atoms with Gasteiger partial charge in [0, 0.05) is 45.2 Å². The summed E-state index contributed by atoms with van der Waals surface area (Å²) in [5.74, 6) is 1.45. The number of aliphatic hydroxyl groups is 1. The lowest BCUT2D eigenvalue weighted by atomic mass is 9.76. The van der Waals surface area contributed by atoms with Crippen LogP contribution < -0.4 is 5.73 Å². The first-order chi connectivity index (χ1) is 10.0. The summed E-state index contributed by atoms with van der Waals surface area (Å²) in [4.78, 5) is 2.30. The lowest BCUT2D eigenvalue weighted by Gasteiger charge is -2.39. The van der Waals surface area contributed by atoms with E-state index in [4.69, 9.17) is 10.5 Å². The van der Waals surface area contributed by atoms with Crippen LogP contribution >= 0.6 is 0 Å². The van der Waals surface area contributed by atoms with E-state index in [1.54, 1.807) is 0 Å². The molecule has 0 amide bonds. The molecule has 1 saturated carbocycles. The Labute approximate surface area is 130 Å². The molecule has 21 heavy (non-hydrogen) atoms. The van der Waals surface area contributed by atoms with Crippen LogP contribution in [0.15, 0.2) is 0 Å². The smallest absolute Gasteiger partial charge is 0.0817 e. The summed E-state index contributed by atoms with van der Waals surface area (Å²) in [5.41, 5.74) is 5.78. The molecular formula is C17H34N2O2. The van der Waals surface area contributed by atoms with Gasteiger partial charge in [0.25, 0.3) is 0 Å². The van der Waals surface area contributed by atoms with Crippen LogP contribution in [-0.4, -0.2) is 55.0 Å². The van der Waals surface area contributed by atoms with Crippen LogP contribution in [0.1, 0.15) is 51.9 Å². The van der Waals surface area contributed by atoms with Crippen LogP contribution in [0.4, 0.5) is 0 Å². The first-order valence-corrected chi connectivity index (χ1v) is 8.76. The zero-order chi connectivity index (χ0) is 15.3. The predicted octanol–water partition coefficient (Wildman–Crippen LogP) is 2.00. The van der Waals surface area contributed by atoms with E-state index in [0.717, 1.165) is 31.8 Å². The molecule has 1 aliphatic carbocycles. The van der Waals surface area contributed by atoms with E-state index >= 15 is 0 Å². The molecule has 1 heterocycles. The quantitative estimate of drug-likeness (QED) is 0.787. The number of likely N-dealkylation sites (N-methyl/N-ethyl adjacent to an activating group) is 1. The Morgan fingerprint density at radius 1 is 1.29 bits per heavy atom. The van der Waals surface area contributed by atoms with Crippen molar-refractivity contribution in [3.63, 3.8) is 0 Å². The fourth-order valence-electron chi connectivity index (χ4n) is 4.14. The van der Waals surface area contributed by atoms with E-state index < -0.39 is 5.60 Å². The summed E-state index contributed by atoms with van der Waals surface area (Å²) in [5, 5.41) is 10.6. The molecule has 3 atom stereocenters. The molecule has 1 aliphatic heterocycles. The van der Waals surface area contributed by atoms with Gasteiger partial charge in [0.15, 0.2) is 0 Å². The summed E-state index contributed by atoms with van der Waals surface area (Å²) in [6.45, 7) is 5.41. The highest BCUT2D eigenvalue weighted by molar-refractivity contribution is 4.88. The topological polar surface area (TPSA) is 58.7 Å². The second-order valence-corrected chi connectivity index (χ2v) is 7.43. The van der Waals surface area contributed by atoms with Gasteiger partial charge in [-0.3, -0.25) is 0 Å². The van der Waals surface area contributed by atoms with E-state index in [1.165, 1.54) is 32.1 Å². The van der Waals surface area contributed by atoms with E-state index in [-0.39, 0.29) is 0 Å². The van der Waals surface area contributed by atoms with Gasteiger partial charge in [0.05, 0.1) is 5.60 Å². The molecule has 0 aromatic rings. The average Bonchev–Trinajstić information content (AvgIpc) is 2.43. The zero-order valence-electron chi connectivity index (χ0n) is 13.9. The van der Waals surface area contributed by atoms with Crippen molar-refractivity contribution in [1.82, 2.24) is 4.90 Å². The third kappa shape index (κ3) is 5.20. The maximum absolute atomic E-state index is 10.6. The first-order valence-electron chi connectivity index (χ1n) is 8.76. The van der Waals surface area contributed by atoms with Crippen LogP contribution in [0.25, 0.3) is 0 Å². The zero-order valence-corrected chi connectivity index (χ0v) is 13.9. The molecule has 4 heteroatoms. The van der Waals surface area contributed by atoms with Crippen molar-refractivity contribution in [1.29, 1.82) is 0 Å². The first kappa shape index (κ1) is 17.2. The third-order valence-electron chi connectivity index (χ3n) is 5.38. The Bertz CT molecular complexity index is 305. The van der Waals surface area contributed by atoms with Crippen LogP contribution in [-0.2, 0) is 4.74 Å². The van der Waals surface area contributed by atoms with Gasteiger partial charge in [-0.1, -0.05) is 19.8 Å². The van der Waals surface area contributed by atoms with Crippen molar-refractivity contribution in [3.8, 4) is 0 Å². The van der Waals surface area contributed by atoms with E-state index in [2.05, 4.69) is 18.9 Å². The van der Waals surface area contributed by atoms with Crippen LogP contribution in [0.3, 0.4) is 0 Å². The van der Waals surface area contributed by atoms with Crippen LogP contribution in [0.5, 0.6) is 0 Å². The highest BCUT2D eigenvalue weighted by atomic mass is 16.5. The van der Waals surface area contributed by atoms with E-state index in [1.807, 2.05) is 0 Å². The molecule has 0 spiro atoms. The average molecular weight is 298 g/mol. The van der Waals surface area contributed by atoms with Gasteiger partial charge < -0.3 is 20.5 Å². The van der Waals surface area contributed by atoms with Crippen molar-refractivity contribution >= 4 is 0 Å². The Kier molecular flexibility index (Phi) is 6.48. The van der Waals surface area contributed by atoms with Crippen molar-refractivity contribution in [3.05, 3.63) is 0 Å². The normalized spacial score (nSPS) is 33.3. The van der Waals surface area contributed by atoms with Crippen LogP contribution in [0, 0.1) is 11.8 Å². The number of nitrogens with two attached hydrogens (primary N) is 1. The minimum Gasteiger partial charge on any atom is -0.388 e.